The highest BCUT2D eigenvalue weighted by molar-refractivity contribution is 9.10. The molecule has 2 rings (SSSR count). The zero-order valence-electron chi connectivity index (χ0n) is 9.61. The van der Waals surface area contributed by atoms with Crippen molar-refractivity contribution < 1.29 is 0 Å². The molecule has 0 aliphatic rings. The lowest BCUT2D eigenvalue weighted by Crippen LogP contribution is -2.15. The number of halogens is 1. The molecule has 2 heterocycles. The number of rotatable bonds is 1. The van der Waals surface area contributed by atoms with Gasteiger partial charge in [-0.05, 0) is 28.1 Å². The van der Waals surface area contributed by atoms with E-state index in [1.807, 2.05) is 35.2 Å². The van der Waals surface area contributed by atoms with Gasteiger partial charge in [0.2, 0.25) is 0 Å². The molecule has 0 saturated heterocycles. The summed E-state index contributed by atoms with van der Waals surface area (Å²) in [6.07, 6.45) is 3.95. The number of aromatic nitrogens is 3. The van der Waals surface area contributed by atoms with Gasteiger partial charge in [-0.25, -0.2) is 9.97 Å². The maximum absolute atomic E-state index is 4.41. The van der Waals surface area contributed by atoms with Crippen LogP contribution in [-0.4, -0.2) is 14.5 Å². The van der Waals surface area contributed by atoms with Crippen LogP contribution >= 0.6 is 15.9 Å². The molecule has 0 bridgehead atoms. The summed E-state index contributed by atoms with van der Waals surface area (Å²) in [7, 11) is 0. The molecule has 0 aliphatic heterocycles. The summed E-state index contributed by atoms with van der Waals surface area (Å²) in [6, 6.07) is 5.98. The average molecular weight is 280 g/mol. The first-order chi connectivity index (χ1) is 7.47. The number of hydrogen-bond donors (Lipinski definition) is 0. The van der Waals surface area contributed by atoms with Gasteiger partial charge in [-0.3, -0.25) is 0 Å². The standard InChI is InChI=1S/C12H14BrN3/c1-12(2,3)9-8-10(15-11(13)14-9)16-6-4-5-7-16/h4-8H,1-3H3. The molecule has 0 spiro atoms. The molecule has 0 fully saturated rings. The lowest BCUT2D eigenvalue weighted by atomic mass is 9.92. The van der Waals surface area contributed by atoms with Gasteiger partial charge in [-0.2, -0.15) is 0 Å². The monoisotopic (exact) mass is 279 g/mol. The zero-order valence-corrected chi connectivity index (χ0v) is 11.2. The average Bonchev–Trinajstić information content (AvgIpc) is 2.68. The normalized spacial score (nSPS) is 11.8. The molecule has 0 unspecified atom stereocenters. The summed E-state index contributed by atoms with van der Waals surface area (Å²) in [5.74, 6) is 0.886. The largest absolute Gasteiger partial charge is 0.309 e. The third-order valence-electron chi connectivity index (χ3n) is 2.32. The quantitative estimate of drug-likeness (QED) is 0.750. The van der Waals surface area contributed by atoms with Crippen LogP contribution in [0.2, 0.25) is 0 Å². The molecule has 84 valence electrons. The van der Waals surface area contributed by atoms with Crippen LogP contribution in [0.25, 0.3) is 5.82 Å². The topological polar surface area (TPSA) is 30.7 Å². The van der Waals surface area contributed by atoms with Crippen molar-refractivity contribution in [1.29, 1.82) is 0 Å². The summed E-state index contributed by atoms with van der Waals surface area (Å²) >= 11 is 3.36. The van der Waals surface area contributed by atoms with E-state index in [2.05, 4.69) is 46.7 Å². The van der Waals surface area contributed by atoms with Crippen LogP contribution in [-0.2, 0) is 5.41 Å². The van der Waals surface area contributed by atoms with Crippen LogP contribution in [0.15, 0.2) is 35.3 Å². The highest BCUT2D eigenvalue weighted by Crippen LogP contribution is 2.23. The number of hydrogen-bond acceptors (Lipinski definition) is 2. The molecule has 3 nitrogen and oxygen atoms in total. The molecule has 0 aliphatic carbocycles. The van der Waals surface area contributed by atoms with E-state index in [0.717, 1.165) is 11.5 Å². The molecular formula is C12H14BrN3. The molecule has 0 amide bonds. The molecule has 0 N–H and O–H groups in total. The van der Waals surface area contributed by atoms with Gasteiger partial charge in [-0.1, -0.05) is 20.8 Å². The fraction of sp³-hybridized carbons (Fsp3) is 0.333. The second-order valence-electron chi connectivity index (χ2n) is 4.72. The molecule has 0 aromatic carbocycles. The van der Waals surface area contributed by atoms with Gasteiger partial charge in [0.1, 0.15) is 5.82 Å². The SMILES string of the molecule is CC(C)(C)c1cc(-n2cccc2)nc(Br)n1. The molecule has 16 heavy (non-hydrogen) atoms. The van der Waals surface area contributed by atoms with Crippen molar-refractivity contribution in [2.75, 3.05) is 0 Å². The van der Waals surface area contributed by atoms with Crippen LogP contribution < -0.4 is 0 Å². The van der Waals surface area contributed by atoms with Crippen molar-refractivity contribution in [2.24, 2.45) is 0 Å². The minimum atomic E-state index is 0.0212. The summed E-state index contributed by atoms with van der Waals surface area (Å²) in [5, 5.41) is 0. The van der Waals surface area contributed by atoms with Crippen LogP contribution in [0.5, 0.6) is 0 Å². The lowest BCUT2D eigenvalue weighted by Gasteiger charge is -2.18. The molecule has 0 atom stereocenters. The van der Waals surface area contributed by atoms with Gasteiger partial charge in [0.25, 0.3) is 0 Å². The van der Waals surface area contributed by atoms with Crippen molar-refractivity contribution in [3.8, 4) is 5.82 Å². The highest BCUT2D eigenvalue weighted by atomic mass is 79.9. The van der Waals surface area contributed by atoms with E-state index < -0.39 is 0 Å². The van der Waals surface area contributed by atoms with E-state index in [9.17, 15) is 0 Å². The van der Waals surface area contributed by atoms with Crippen LogP contribution in [0.4, 0.5) is 0 Å². The fourth-order valence-electron chi connectivity index (χ4n) is 1.41. The van der Waals surface area contributed by atoms with E-state index in [1.54, 1.807) is 0 Å². The third kappa shape index (κ3) is 2.32. The maximum Gasteiger partial charge on any atom is 0.198 e. The van der Waals surface area contributed by atoms with Crippen LogP contribution in [0.1, 0.15) is 26.5 Å². The minimum absolute atomic E-state index is 0.0212. The Morgan fingerprint density at radius 3 is 2.31 bits per heavy atom. The zero-order chi connectivity index (χ0) is 11.8. The van der Waals surface area contributed by atoms with Gasteiger partial charge >= 0.3 is 0 Å². The predicted octanol–water partition coefficient (Wildman–Crippen LogP) is 3.33. The van der Waals surface area contributed by atoms with Crippen molar-refractivity contribution in [1.82, 2.24) is 14.5 Å². The smallest absolute Gasteiger partial charge is 0.198 e. The van der Waals surface area contributed by atoms with Crippen LogP contribution in [0, 0.1) is 0 Å². The Morgan fingerprint density at radius 2 is 1.75 bits per heavy atom. The van der Waals surface area contributed by atoms with Gasteiger partial charge in [0.15, 0.2) is 4.73 Å². The molecule has 2 aromatic rings. The van der Waals surface area contributed by atoms with Gasteiger partial charge in [0.05, 0.1) is 5.69 Å². The maximum atomic E-state index is 4.41. The van der Waals surface area contributed by atoms with E-state index in [4.69, 9.17) is 0 Å². The molecule has 2 aromatic heterocycles. The highest BCUT2D eigenvalue weighted by Gasteiger charge is 2.17. The van der Waals surface area contributed by atoms with Crippen molar-refractivity contribution in [2.45, 2.75) is 26.2 Å². The lowest BCUT2D eigenvalue weighted by molar-refractivity contribution is 0.564. The summed E-state index contributed by atoms with van der Waals surface area (Å²) in [6.45, 7) is 6.42. The van der Waals surface area contributed by atoms with Crippen molar-refractivity contribution in [3.63, 3.8) is 0 Å². The van der Waals surface area contributed by atoms with Gasteiger partial charge < -0.3 is 4.57 Å². The molecular weight excluding hydrogens is 266 g/mol. The Morgan fingerprint density at radius 1 is 1.12 bits per heavy atom. The Bertz CT molecular complexity index is 483. The summed E-state index contributed by atoms with van der Waals surface area (Å²) < 4.78 is 2.60. The van der Waals surface area contributed by atoms with Crippen molar-refractivity contribution in [3.05, 3.63) is 41.0 Å². The predicted molar refractivity (Wildman–Crippen MR) is 67.8 cm³/mol. The Kier molecular flexibility index (Phi) is 2.84. The summed E-state index contributed by atoms with van der Waals surface area (Å²) in [4.78, 5) is 8.77. The van der Waals surface area contributed by atoms with E-state index in [-0.39, 0.29) is 5.41 Å². The first kappa shape index (κ1) is 11.3. The van der Waals surface area contributed by atoms with Crippen molar-refractivity contribution >= 4 is 15.9 Å². The fourth-order valence-corrected chi connectivity index (χ4v) is 1.78. The molecule has 0 radical (unpaired) electrons. The Hall–Kier alpha value is -1.16. The third-order valence-corrected chi connectivity index (χ3v) is 2.68. The minimum Gasteiger partial charge on any atom is -0.309 e. The Labute approximate surface area is 104 Å². The second kappa shape index (κ2) is 4.01. The number of nitrogens with zero attached hydrogens (tertiary/aromatic N) is 3. The first-order valence-corrected chi connectivity index (χ1v) is 5.94. The Balaban J connectivity index is 2.53. The van der Waals surface area contributed by atoms with E-state index >= 15 is 0 Å². The van der Waals surface area contributed by atoms with E-state index in [0.29, 0.717) is 4.73 Å². The van der Waals surface area contributed by atoms with Crippen LogP contribution in [0.3, 0.4) is 0 Å². The second-order valence-corrected chi connectivity index (χ2v) is 5.43. The van der Waals surface area contributed by atoms with Gasteiger partial charge in [0, 0.05) is 23.9 Å². The first-order valence-electron chi connectivity index (χ1n) is 5.15. The molecule has 4 heteroatoms. The van der Waals surface area contributed by atoms with Gasteiger partial charge in [-0.15, -0.1) is 0 Å². The molecule has 0 saturated carbocycles. The van der Waals surface area contributed by atoms with E-state index in [1.165, 1.54) is 0 Å². The summed E-state index contributed by atoms with van der Waals surface area (Å²) in [5.41, 5.74) is 1.05.